The van der Waals surface area contributed by atoms with Crippen LogP contribution in [0.1, 0.15) is 29.2 Å². The maximum Gasteiger partial charge on any atom is 0.411 e. The highest BCUT2D eigenvalue weighted by atomic mass is 19.4. The van der Waals surface area contributed by atoms with E-state index in [1.165, 1.54) is 0 Å². The highest BCUT2D eigenvalue weighted by Crippen LogP contribution is 2.28. The number of morpholine rings is 1. The molecule has 5 nitrogen and oxygen atoms in total. The molecule has 0 bridgehead atoms. The lowest BCUT2D eigenvalue weighted by molar-refractivity contribution is -0.202. The predicted molar refractivity (Wildman–Crippen MR) is 66.9 cm³/mol. The number of hydrogen-bond acceptors (Lipinski definition) is 3. The zero-order valence-corrected chi connectivity index (χ0v) is 11.4. The predicted octanol–water partition coefficient (Wildman–Crippen LogP) is 1.62. The summed E-state index contributed by atoms with van der Waals surface area (Å²) in [5.74, 6) is -0.547. The van der Waals surface area contributed by atoms with Gasteiger partial charge in [-0.25, -0.2) is 4.98 Å². The minimum absolute atomic E-state index is 0.0643. The van der Waals surface area contributed by atoms with Crippen LogP contribution < -0.4 is 0 Å². The van der Waals surface area contributed by atoms with Crippen molar-refractivity contribution < 1.29 is 22.7 Å². The van der Waals surface area contributed by atoms with Crippen LogP contribution in [0, 0.1) is 0 Å². The van der Waals surface area contributed by atoms with Gasteiger partial charge in [0.25, 0.3) is 5.91 Å². The maximum absolute atomic E-state index is 13.0. The number of nitrogens with zero attached hydrogens (tertiary/aromatic N) is 3. The first-order chi connectivity index (χ1) is 9.98. The van der Waals surface area contributed by atoms with Gasteiger partial charge in [-0.15, -0.1) is 0 Å². The fourth-order valence-electron chi connectivity index (χ4n) is 2.85. The van der Waals surface area contributed by atoms with Crippen LogP contribution in [0.3, 0.4) is 0 Å². The number of amides is 1. The van der Waals surface area contributed by atoms with Gasteiger partial charge in [0.15, 0.2) is 11.9 Å². The first-order valence-electron chi connectivity index (χ1n) is 6.98. The van der Waals surface area contributed by atoms with Crippen LogP contribution >= 0.6 is 0 Å². The molecule has 1 aromatic heterocycles. The number of hydrogen-bond donors (Lipinski definition) is 0. The summed E-state index contributed by atoms with van der Waals surface area (Å²) >= 11 is 0. The highest BCUT2D eigenvalue weighted by molar-refractivity contribution is 5.91. The maximum atomic E-state index is 13.0. The van der Waals surface area contributed by atoms with E-state index in [0.29, 0.717) is 6.54 Å². The van der Waals surface area contributed by atoms with Gasteiger partial charge in [0, 0.05) is 25.0 Å². The number of carbonyl (C=O) groups excluding carboxylic acids is 1. The van der Waals surface area contributed by atoms with E-state index in [1.807, 2.05) is 0 Å². The van der Waals surface area contributed by atoms with E-state index in [4.69, 9.17) is 4.74 Å². The van der Waals surface area contributed by atoms with Crippen molar-refractivity contribution in [3.63, 3.8) is 0 Å². The number of fused-ring (bicyclic) bond motifs is 1. The molecule has 0 aromatic carbocycles. The Bertz CT molecular complexity index is 541. The molecule has 3 heterocycles. The molecule has 3 rings (SSSR count). The summed E-state index contributed by atoms with van der Waals surface area (Å²) in [7, 11) is 0. The molecule has 0 aliphatic carbocycles. The first kappa shape index (κ1) is 14.4. The number of imidazole rings is 1. The Morgan fingerprint density at radius 1 is 1.33 bits per heavy atom. The van der Waals surface area contributed by atoms with Crippen LogP contribution in [0.5, 0.6) is 0 Å². The van der Waals surface area contributed by atoms with Crippen LogP contribution in [0.4, 0.5) is 13.2 Å². The van der Waals surface area contributed by atoms with Crippen molar-refractivity contribution in [2.24, 2.45) is 0 Å². The van der Waals surface area contributed by atoms with Gasteiger partial charge >= 0.3 is 6.18 Å². The van der Waals surface area contributed by atoms with Crippen molar-refractivity contribution in [3.8, 4) is 0 Å². The lowest BCUT2D eigenvalue weighted by atomic mass is 10.1. The van der Waals surface area contributed by atoms with E-state index in [0.717, 1.165) is 29.9 Å². The van der Waals surface area contributed by atoms with Gasteiger partial charge in [-0.1, -0.05) is 0 Å². The molecule has 1 atom stereocenters. The molecule has 2 aliphatic rings. The summed E-state index contributed by atoms with van der Waals surface area (Å²) in [6.45, 7) is 0.178. The average molecular weight is 303 g/mol. The first-order valence-corrected chi connectivity index (χ1v) is 6.98. The Hall–Kier alpha value is -1.57. The fourth-order valence-corrected chi connectivity index (χ4v) is 2.85. The monoisotopic (exact) mass is 303 g/mol. The molecule has 8 heteroatoms. The van der Waals surface area contributed by atoms with E-state index in [-0.39, 0.29) is 19.0 Å². The Labute approximate surface area is 119 Å². The third kappa shape index (κ3) is 2.64. The molecular weight excluding hydrogens is 287 g/mol. The second-order valence-corrected chi connectivity index (χ2v) is 5.31. The SMILES string of the molecule is O=C(c1ncc2n1CCCC2)N1CCOCC1C(F)(F)F. The Balaban J connectivity index is 1.88. The van der Waals surface area contributed by atoms with Crippen LogP contribution in [0.2, 0.25) is 0 Å². The number of ether oxygens (including phenoxy) is 1. The minimum atomic E-state index is -4.49. The largest absolute Gasteiger partial charge is 0.411 e. The lowest BCUT2D eigenvalue weighted by Gasteiger charge is -2.36. The van der Waals surface area contributed by atoms with Gasteiger partial charge in [0.1, 0.15) is 0 Å². The number of alkyl halides is 3. The normalized spacial score (nSPS) is 23.0. The molecule has 2 aliphatic heterocycles. The van der Waals surface area contributed by atoms with Gasteiger partial charge in [0.2, 0.25) is 0 Å². The van der Waals surface area contributed by atoms with E-state index in [9.17, 15) is 18.0 Å². The van der Waals surface area contributed by atoms with Gasteiger partial charge < -0.3 is 14.2 Å². The van der Waals surface area contributed by atoms with Crippen molar-refractivity contribution >= 4 is 5.91 Å². The van der Waals surface area contributed by atoms with Crippen LogP contribution in [0.15, 0.2) is 6.20 Å². The second kappa shape index (κ2) is 5.32. The molecule has 0 radical (unpaired) electrons. The van der Waals surface area contributed by atoms with Crippen molar-refractivity contribution in [1.82, 2.24) is 14.5 Å². The Morgan fingerprint density at radius 2 is 2.14 bits per heavy atom. The van der Waals surface area contributed by atoms with Crippen LogP contribution in [0.25, 0.3) is 0 Å². The molecule has 0 N–H and O–H groups in total. The van der Waals surface area contributed by atoms with E-state index in [1.54, 1.807) is 10.8 Å². The smallest absolute Gasteiger partial charge is 0.377 e. The number of aromatic nitrogens is 2. The zero-order valence-electron chi connectivity index (χ0n) is 11.4. The second-order valence-electron chi connectivity index (χ2n) is 5.31. The Morgan fingerprint density at radius 3 is 2.90 bits per heavy atom. The zero-order chi connectivity index (χ0) is 15.0. The molecule has 21 heavy (non-hydrogen) atoms. The van der Waals surface area contributed by atoms with Crippen LogP contribution in [-0.2, 0) is 17.7 Å². The molecule has 1 saturated heterocycles. The van der Waals surface area contributed by atoms with Gasteiger partial charge in [0.05, 0.1) is 13.2 Å². The summed E-state index contributed by atoms with van der Waals surface area (Å²) in [5.41, 5.74) is 0.918. The fraction of sp³-hybridized carbons (Fsp3) is 0.692. The molecule has 116 valence electrons. The van der Waals surface area contributed by atoms with Gasteiger partial charge in [-0.3, -0.25) is 4.79 Å². The number of carbonyl (C=O) groups is 1. The molecule has 0 saturated carbocycles. The quantitative estimate of drug-likeness (QED) is 0.792. The Kier molecular flexibility index (Phi) is 3.64. The lowest BCUT2D eigenvalue weighted by Crippen LogP contribution is -2.56. The highest BCUT2D eigenvalue weighted by Gasteiger charge is 2.48. The molecule has 0 spiro atoms. The molecule has 1 amide bonds. The standard InChI is InChI=1S/C13H16F3N3O2/c14-13(15,16)10-8-21-6-5-19(10)12(20)11-17-7-9-3-1-2-4-18(9)11/h7,10H,1-6,8H2. The summed E-state index contributed by atoms with van der Waals surface area (Å²) in [4.78, 5) is 17.4. The summed E-state index contributed by atoms with van der Waals surface area (Å²) in [6.07, 6.45) is -0.160. The molecular formula is C13H16F3N3O2. The molecule has 1 aromatic rings. The minimum Gasteiger partial charge on any atom is -0.377 e. The van der Waals surface area contributed by atoms with Crippen molar-refractivity contribution in [2.75, 3.05) is 19.8 Å². The number of aryl methyl sites for hydroxylation is 1. The van der Waals surface area contributed by atoms with Crippen molar-refractivity contribution in [2.45, 2.75) is 38.0 Å². The molecule has 1 unspecified atom stereocenters. The number of rotatable bonds is 1. The topological polar surface area (TPSA) is 47.4 Å². The van der Waals surface area contributed by atoms with E-state index >= 15 is 0 Å². The van der Waals surface area contributed by atoms with Crippen molar-refractivity contribution in [1.29, 1.82) is 0 Å². The van der Waals surface area contributed by atoms with E-state index in [2.05, 4.69) is 4.98 Å². The third-order valence-electron chi connectivity index (χ3n) is 3.96. The van der Waals surface area contributed by atoms with Gasteiger partial charge in [-0.05, 0) is 19.3 Å². The number of halogens is 3. The summed E-state index contributed by atoms with van der Waals surface area (Å²) < 4.78 is 45.7. The molecule has 1 fully saturated rings. The average Bonchev–Trinajstić information content (AvgIpc) is 2.89. The van der Waals surface area contributed by atoms with E-state index < -0.39 is 24.7 Å². The summed E-state index contributed by atoms with van der Waals surface area (Å²) in [5, 5.41) is 0. The van der Waals surface area contributed by atoms with Crippen molar-refractivity contribution in [3.05, 3.63) is 17.7 Å². The van der Waals surface area contributed by atoms with Crippen LogP contribution in [-0.4, -0.2) is 52.3 Å². The van der Waals surface area contributed by atoms with Gasteiger partial charge in [-0.2, -0.15) is 13.2 Å². The summed E-state index contributed by atoms with van der Waals surface area (Å²) in [6, 6.07) is -1.89. The third-order valence-corrected chi connectivity index (χ3v) is 3.96.